The highest BCUT2D eigenvalue weighted by molar-refractivity contribution is 9.13. The standard InChI is InChI=1S/C11H10Br2N2O3S/c1-19(17,18)10(8-3-2-6(5-16)14-8)9-4-7(12)11(13)15-9/h2-5,10,14-15H,1H3. The zero-order valence-electron chi connectivity index (χ0n) is 9.78. The van der Waals surface area contributed by atoms with Gasteiger partial charge in [-0.2, -0.15) is 0 Å². The Hall–Kier alpha value is -0.860. The maximum absolute atomic E-state index is 12.0. The molecule has 0 spiro atoms. The van der Waals surface area contributed by atoms with Crippen molar-refractivity contribution < 1.29 is 13.2 Å². The van der Waals surface area contributed by atoms with Crippen LogP contribution >= 0.6 is 31.9 Å². The van der Waals surface area contributed by atoms with Crippen LogP contribution in [0.2, 0.25) is 0 Å². The molecule has 0 saturated heterocycles. The van der Waals surface area contributed by atoms with E-state index in [0.29, 0.717) is 28.0 Å². The summed E-state index contributed by atoms with van der Waals surface area (Å²) in [6.07, 6.45) is 1.80. The number of carbonyl (C=O) groups is 1. The summed E-state index contributed by atoms with van der Waals surface area (Å²) in [6.45, 7) is 0. The quantitative estimate of drug-likeness (QED) is 0.761. The predicted octanol–water partition coefficient (Wildman–Crippen LogP) is 2.81. The van der Waals surface area contributed by atoms with Gasteiger partial charge in [0.1, 0.15) is 5.25 Å². The fourth-order valence-electron chi connectivity index (χ4n) is 1.84. The van der Waals surface area contributed by atoms with Crippen LogP contribution in [0.3, 0.4) is 0 Å². The molecule has 2 aromatic heterocycles. The zero-order chi connectivity index (χ0) is 14.2. The molecule has 1 unspecified atom stereocenters. The maximum atomic E-state index is 12.0. The van der Waals surface area contributed by atoms with E-state index >= 15 is 0 Å². The fourth-order valence-corrected chi connectivity index (χ4v) is 3.72. The van der Waals surface area contributed by atoms with Crippen LogP contribution in [0.4, 0.5) is 0 Å². The number of hydrogen-bond acceptors (Lipinski definition) is 3. The van der Waals surface area contributed by atoms with Gasteiger partial charge in [-0.25, -0.2) is 8.42 Å². The van der Waals surface area contributed by atoms with Gasteiger partial charge in [-0.3, -0.25) is 4.79 Å². The summed E-state index contributed by atoms with van der Waals surface area (Å²) in [4.78, 5) is 16.4. The lowest BCUT2D eigenvalue weighted by Gasteiger charge is -2.12. The number of aromatic amines is 2. The molecule has 1 atom stereocenters. The number of H-pyrrole nitrogens is 2. The molecular weight excluding hydrogens is 400 g/mol. The third-order valence-electron chi connectivity index (χ3n) is 2.60. The van der Waals surface area contributed by atoms with Gasteiger partial charge in [0, 0.05) is 22.1 Å². The smallest absolute Gasteiger partial charge is 0.166 e. The van der Waals surface area contributed by atoms with Crippen molar-refractivity contribution in [3.05, 3.63) is 44.4 Å². The number of carbonyl (C=O) groups excluding carboxylic acids is 1. The van der Waals surface area contributed by atoms with Crippen molar-refractivity contribution in [2.75, 3.05) is 6.26 Å². The van der Waals surface area contributed by atoms with E-state index in [4.69, 9.17) is 0 Å². The highest BCUT2D eigenvalue weighted by Gasteiger charge is 2.28. The monoisotopic (exact) mass is 408 g/mol. The lowest BCUT2D eigenvalue weighted by atomic mass is 10.2. The number of nitrogens with one attached hydrogen (secondary N) is 2. The molecule has 5 nitrogen and oxygen atoms in total. The van der Waals surface area contributed by atoms with Crippen LogP contribution in [-0.4, -0.2) is 30.9 Å². The Bertz CT molecular complexity index is 699. The van der Waals surface area contributed by atoms with Crippen molar-refractivity contribution in [2.45, 2.75) is 5.25 Å². The summed E-state index contributed by atoms with van der Waals surface area (Å²) in [6, 6.07) is 4.84. The Kier molecular flexibility index (Phi) is 4.03. The van der Waals surface area contributed by atoms with E-state index in [1.54, 1.807) is 18.2 Å². The number of aldehydes is 1. The second kappa shape index (κ2) is 5.26. The molecule has 0 aliphatic carbocycles. The molecule has 2 aromatic rings. The summed E-state index contributed by atoms with van der Waals surface area (Å²) in [5.41, 5.74) is 1.31. The largest absolute Gasteiger partial charge is 0.355 e. The first-order valence-corrected chi connectivity index (χ1v) is 8.74. The normalized spacial score (nSPS) is 13.4. The summed E-state index contributed by atoms with van der Waals surface area (Å²) < 4.78 is 25.4. The van der Waals surface area contributed by atoms with Gasteiger partial charge in [0.05, 0.1) is 10.3 Å². The Morgan fingerprint density at radius 1 is 1.21 bits per heavy atom. The highest BCUT2D eigenvalue weighted by atomic mass is 79.9. The Balaban J connectivity index is 2.57. The topological polar surface area (TPSA) is 82.8 Å². The van der Waals surface area contributed by atoms with Gasteiger partial charge in [0.25, 0.3) is 0 Å². The maximum Gasteiger partial charge on any atom is 0.166 e. The number of rotatable bonds is 4. The zero-order valence-corrected chi connectivity index (χ0v) is 13.8. The highest BCUT2D eigenvalue weighted by Crippen LogP contribution is 2.33. The van der Waals surface area contributed by atoms with Gasteiger partial charge in [-0.05, 0) is 50.1 Å². The second-order valence-corrected chi connectivity index (χ2v) is 7.86. The van der Waals surface area contributed by atoms with E-state index in [0.717, 1.165) is 10.7 Å². The third-order valence-corrected chi connectivity index (χ3v) is 5.74. The molecule has 2 N–H and O–H groups in total. The Morgan fingerprint density at radius 3 is 2.32 bits per heavy atom. The van der Waals surface area contributed by atoms with E-state index < -0.39 is 15.1 Å². The average Bonchev–Trinajstić information content (AvgIpc) is 2.86. The first-order valence-electron chi connectivity index (χ1n) is 5.20. The van der Waals surface area contributed by atoms with Gasteiger partial charge in [-0.15, -0.1) is 0 Å². The van der Waals surface area contributed by atoms with Crippen LogP contribution in [0.25, 0.3) is 0 Å². The van der Waals surface area contributed by atoms with Gasteiger partial charge >= 0.3 is 0 Å². The summed E-state index contributed by atoms with van der Waals surface area (Å²) in [5, 5.41) is -0.871. The van der Waals surface area contributed by atoms with Crippen LogP contribution in [0.5, 0.6) is 0 Å². The van der Waals surface area contributed by atoms with Crippen molar-refractivity contribution in [1.29, 1.82) is 0 Å². The number of aromatic nitrogens is 2. The lowest BCUT2D eigenvalue weighted by Crippen LogP contribution is -2.14. The average molecular weight is 410 g/mol. The van der Waals surface area contributed by atoms with Gasteiger partial charge < -0.3 is 9.97 Å². The number of sulfone groups is 1. The van der Waals surface area contributed by atoms with E-state index in [-0.39, 0.29) is 0 Å². The van der Waals surface area contributed by atoms with Crippen LogP contribution in [0.15, 0.2) is 27.3 Å². The summed E-state index contributed by atoms with van der Waals surface area (Å²) in [5.74, 6) is 0. The molecule has 0 fully saturated rings. The van der Waals surface area contributed by atoms with Gasteiger partial charge in [0.15, 0.2) is 16.1 Å². The minimum Gasteiger partial charge on any atom is -0.355 e. The summed E-state index contributed by atoms with van der Waals surface area (Å²) in [7, 11) is -3.39. The Morgan fingerprint density at radius 2 is 1.89 bits per heavy atom. The van der Waals surface area contributed by atoms with Crippen LogP contribution in [-0.2, 0) is 9.84 Å². The molecule has 8 heteroatoms. The molecule has 2 rings (SSSR count). The molecule has 2 heterocycles. The van der Waals surface area contributed by atoms with E-state index in [1.807, 2.05) is 0 Å². The minimum absolute atomic E-state index is 0.341. The fraction of sp³-hybridized carbons (Fsp3) is 0.182. The molecule has 0 saturated carbocycles. The number of hydrogen-bond donors (Lipinski definition) is 2. The lowest BCUT2D eigenvalue weighted by molar-refractivity contribution is 0.111. The predicted molar refractivity (Wildman–Crippen MR) is 79.1 cm³/mol. The van der Waals surface area contributed by atoms with Crippen molar-refractivity contribution in [2.24, 2.45) is 0 Å². The van der Waals surface area contributed by atoms with Gasteiger partial charge in [-0.1, -0.05) is 0 Å². The van der Waals surface area contributed by atoms with Crippen molar-refractivity contribution in [1.82, 2.24) is 9.97 Å². The van der Waals surface area contributed by atoms with Gasteiger partial charge in [0.2, 0.25) is 0 Å². The van der Waals surface area contributed by atoms with E-state index in [1.165, 1.54) is 0 Å². The summed E-state index contributed by atoms with van der Waals surface area (Å²) >= 11 is 6.58. The SMILES string of the molecule is CS(=O)(=O)C(c1ccc(C=O)[nH]1)c1cc(Br)c(Br)[nH]1. The molecule has 0 bridgehead atoms. The molecule has 0 aromatic carbocycles. The van der Waals surface area contributed by atoms with Crippen LogP contribution < -0.4 is 0 Å². The van der Waals surface area contributed by atoms with Crippen molar-refractivity contribution >= 4 is 48.0 Å². The second-order valence-electron chi connectivity index (χ2n) is 4.08. The van der Waals surface area contributed by atoms with E-state index in [9.17, 15) is 13.2 Å². The van der Waals surface area contributed by atoms with Crippen molar-refractivity contribution in [3.63, 3.8) is 0 Å². The molecule has 0 amide bonds. The Labute approximate surface area is 127 Å². The molecular formula is C11H10Br2N2O3S. The van der Waals surface area contributed by atoms with Crippen LogP contribution in [0.1, 0.15) is 27.1 Å². The molecule has 102 valence electrons. The molecule has 0 aliphatic rings. The first-order chi connectivity index (χ1) is 8.82. The molecule has 19 heavy (non-hydrogen) atoms. The van der Waals surface area contributed by atoms with Crippen LogP contribution in [0, 0.1) is 0 Å². The minimum atomic E-state index is -3.39. The third kappa shape index (κ3) is 3.01. The number of halogens is 2. The van der Waals surface area contributed by atoms with Crippen molar-refractivity contribution in [3.8, 4) is 0 Å². The first kappa shape index (κ1) is 14.5. The molecule has 0 radical (unpaired) electrons. The van der Waals surface area contributed by atoms with E-state index in [2.05, 4.69) is 41.8 Å². The molecule has 0 aliphatic heterocycles.